The van der Waals surface area contributed by atoms with Crippen LogP contribution in [0, 0.1) is 11.5 Å². The average molecular weight is 213 g/mol. The predicted molar refractivity (Wildman–Crippen MR) is 58.2 cm³/mol. The smallest absolute Gasteiger partial charge is 0.183 e. The Hall–Kier alpha value is -0.730. The van der Waals surface area contributed by atoms with Crippen LogP contribution in [0.25, 0.3) is 0 Å². The fourth-order valence-electron chi connectivity index (χ4n) is 1.34. The number of nitriles is 1. The molecule has 0 radical (unpaired) electrons. The SMILES string of the molecule is CSC(=NCC1CCCCO1)NC#N. The number of aliphatic imine (C=N–C) groups is 1. The van der Waals surface area contributed by atoms with Crippen molar-refractivity contribution < 1.29 is 4.74 Å². The van der Waals surface area contributed by atoms with Crippen molar-refractivity contribution in [3.8, 4) is 6.19 Å². The van der Waals surface area contributed by atoms with Crippen molar-refractivity contribution >= 4 is 16.9 Å². The highest BCUT2D eigenvalue weighted by Crippen LogP contribution is 2.13. The van der Waals surface area contributed by atoms with Crippen molar-refractivity contribution in [3.63, 3.8) is 0 Å². The lowest BCUT2D eigenvalue weighted by Gasteiger charge is -2.20. The number of rotatable bonds is 2. The van der Waals surface area contributed by atoms with Crippen molar-refractivity contribution in [2.24, 2.45) is 4.99 Å². The van der Waals surface area contributed by atoms with Gasteiger partial charge in [0, 0.05) is 6.61 Å². The molecule has 0 spiro atoms. The number of amidine groups is 1. The Labute approximate surface area is 88.7 Å². The van der Waals surface area contributed by atoms with Crippen molar-refractivity contribution in [3.05, 3.63) is 0 Å². The zero-order valence-electron chi connectivity index (χ0n) is 8.32. The maximum absolute atomic E-state index is 8.42. The molecule has 0 saturated carbocycles. The Kier molecular flexibility index (Phi) is 5.42. The molecule has 1 aliphatic heterocycles. The standard InChI is InChI=1S/C9H15N3OS/c1-14-9(12-7-10)11-6-8-4-2-3-5-13-8/h8H,2-6H2,1H3,(H,11,12). The van der Waals surface area contributed by atoms with Gasteiger partial charge in [-0.25, -0.2) is 0 Å². The molecule has 0 aromatic carbocycles. The van der Waals surface area contributed by atoms with Crippen LogP contribution in [0.5, 0.6) is 0 Å². The van der Waals surface area contributed by atoms with E-state index in [2.05, 4.69) is 10.3 Å². The summed E-state index contributed by atoms with van der Waals surface area (Å²) < 4.78 is 5.52. The van der Waals surface area contributed by atoms with Gasteiger partial charge in [0.25, 0.3) is 0 Å². The van der Waals surface area contributed by atoms with E-state index in [1.165, 1.54) is 18.2 Å². The summed E-state index contributed by atoms with van der Waals surface area (Å²) in [5, 5.41) is 11.6. The van der Waals surface area contributed by atoms with Gasteiger partial charge in [-0.3, -0.25) is 10.3 Å². The fourth-order valence-corrected chi connectivity index (χ4v) is 1.69. The van der Waals surface area contributed by atoms with Crippen molar-refractivity contribution in [1.82, 2.24) is 5.32 Å². The molecule has 0 aliphatic carbocycles. The highest BCUT2D eigenvalue weighted by molar-refractivity contribution is 8.13. The van der Waals surface area contributed by atoms with Crippen LogP contribution >= 0.6 is 11.8 Å². The van der Waals surface area contributed by atoms with Crippen LogP contribution in [0.15, 0.2) is 4.99 Å². The third-order valence-electron chi connectivity index (χ3n) is 2.07. The van der Waals surface area contributed by atoms with Gasteiger partial charge >= 0.3 is 0 Å². The Morgan fingerprint density at radius 3 is 3.14 bits per heavy atom. The molecule has 1 rings (SSSR count). The maximum atomic E-state index is 8.42. The Morgan fingerprint density at radius 1 is 1.71 bits per heavy atom. The van der Waals surface area contributed by atoms with Crippen LogP contribution < -0.4 is 5.32 Å². The first-order valence-corrected chi connectivity index (χ1v) is 5.94. The molecule has 1 atom stereocenters. The van der Waals surface area contributed by atoms with Crippen LogP contribution in [0.4, 0.5) is 0 Å². The first-order valence-electron chi connectivity index (χ1n) is 4.72. The lowest BCUT2D eigenvalue weighted by atomic mass is 10.1. The lowest BCUT2D eigenvalue weighted by Crippen LogP contribution is -2.24. The van der Waals surface area contributed by atoms with Crippen LogP contribution in [-0.2, 0) is 4.74 Å². The molecule has 0 amide bonds. The van der Waals surface area contributed by atoms with Crippen LogP contribution in [0.2, 0.25) is 0 Å². The van der Waals surface area contributed by atoms with Crippen molar-refractivity contribution in [2.75, 3.05) is 19.4 Å². The van der Waals surface area contributed by atoms with Gasteiger partial charge in [0.1, 0.15) is 0 Å². The number of nitrogens with one attached hydrogen (secondary N) is 1. The minimum absolute atomic E-state index is 0.242. The third kappa shape index (κ3) is 3.99. The monoisotopic (exact) mass is 213 g/mol. The Bertz CT molecular complexity index is 231. The molecule has 14 heavy (non-hydrogen) atoms. The topological polar surface area (TPSA) is 57.4 Å². The first-order chi connectivity index (χ1) is 6.86. The summed E-state index contributed by atoms with van der Waals surface area (Å²) in [6.45, 7) is 1.51. The molecule has 4 nitrogen and oxygen atoms in total. The second kappa shape index (κ2) is 6.68. The van der Waals surface area contributed by atoms with Gasteiger partial charge in [-0.05, 0) is 25.5 Å². The van der Waals surface area contributed by atoms with Gasteiger partial charge in [-0.2, -0.15) is 5.26 Å². The van der Waals surface area contributed by atoms with Gasteiger partial charge in [-0.1, -0.05) is 11.8 Å². The molecule has 0 aromatic rings. The molecule has 5 heteroatoms. The Morgan fingerprint density at radius 2 is 2.57 bits per heavy atom. The summed E-state index contributed by atoms with van der Waals surface area (Å²) in [6, 6.07) is 0. The molecular formula is C9H15N3OS. The number of nitrogens with zero attached hydrogens (tertiary/aromatic N) is 2. The fraction of sp³-hybridized carbons (Fsp3) is 0.778. The van der Waals surface area contributed by atoms with E-state index < -0.39 is 0 Å². The van der Waals surface area contributed by atoms with Crippen LogP contribution in [0.3, 0.4) is 0 Å². The maximum Gasteiger partial charge on any atom is 0.183 e. The second-order valence-electron chi connectivity index (χ2n) is 3.08. The summed E-state index contributed by atoms with van der Waals surface area (Å²) in [4.78, 5) is 4.28. The largest absolute Gasteiger partial charge is 0.376 e. The minimum Gasteiger partial charge on any atom is -0.376 e. The van der Waals surface area contributed by atoms with Gasteiger partial charge in [0.15, 0.2) is 11.4 Å². The van der Waals surface area contributed by atoms with Crippen LogP contribution in [-0.4, -0.2) is 30.7 Å². The predicted octanol–water partition coefficient (Wildman–Crippen LogP) is 1.35. The molecule has 0 aromatic heterocycles. The summed E-state index contributed by atoms with van der Waals surface area (Å²) >= 11 is 1.44. The van der Waals surface area contributed by atoms with E-state index in [1.807, 2.05) is 12.4 Å². The molecule has 1 fully saturated rings. The molecule has 1 heterocycles. The number of hydrogen-bond acceptors (Lipinski definition) is 4. The van der Waals surface area contributed by atoms with Crippen LogP contribution in [0.1, 0.15) is 19.3 Å². The van der Waals surface area contributed by atoms with E-state index >= 15 is 0 Å². The summed E-state index contributed by atoms with van der Waals surface area (Å²) in [5.74, 6) is 0. The van der Waals surface area contributed by atoms with Gasteiger partial charge in [0.05, 0.1) is 12.6 Å². The Balaban J connectivity index is 2.31. The second-order valence-corrected chi connectivity index (χ2v) is 3.87. The molecule has 1 N–H and O–H groups in total. The first kappa shape index (κ1) is 11.3. The quantitative estimate of drug-likeness (QED) is 0.325. The van der Waals surface area contributed by atoms with E-state index in [1.54, 1.807) is 0 Å². The molecule has 0 bridgehead atoms. The highest BCUT2D eigenvalue weighted by atomic mass is 32.2. The summed E-state index contributed by atoms with van der Waals surface area (Å²) in [6.07, 6.45) is 7.46. The number of ether oxygens (including phenoxy) is 1. The third-order valence-corrected chi connectivity index (χ3v) is 2.69. The van der Waals surface area contributed by atoms with Crippen molar-refractivity contribution in [1.29, 1.82) is 5.26 Å². The number of hydrogen-bond donors (Lipinski definition) is 1. The van der Waals surface area contributed by atoms with E-state index in [-0.39, 0.29) is 6.10 Å². The van der Waals surface area contributed by atoms with E-state index in [9.17, 15) is 0 Å². The van der Waals surface area contributed by atoms with Gasteiger partial charge < -0.3 is 4.74 Å². The van der Waals surface area contributed by atoms with Crippen molar-refractivity contribution in [2.45, 2.75) is 25.4 Å². The van der Waals surface area contributed by atoms with E-state index in [0.29, 0.717) is 11.7 Å². The van der Waals surface area contributed by atoms with E-state index in [0.717, 1.165) is 19.4 Å². The molecular weight excluding hydrogens is 198 g/mol. The lowest BCUT2D eigenvalue weighted by molar-refractivity contribution is 0.0225. The zero-order valence-corrected chi connectivity index (χ0v) is 9.14. The summed E-state index contributed by atoms with van der Waals surface area (Å²) in [5.41, 5.74) is 0. The molecule has 1 saturated heterocycles. The summed E-state index contributed by atoms with van der Waals surface area (Å²) in [7, 11) is 0. The zero-order chi connectivity index (χ0) is 10.2. The van der Waals surface area contributed by atoms with E-state index in [4.69, 9.17) is 10.00 Å². The van der Waals surface area contributed by atoms with Gasteiger partial charge in [0.2, 0.25) is 0 Å². The average Bonchev–Trinajstić information content (AvgIpc) is 2.25. The highest BCUT2D eigenvalue weighted by Gasteiger charge is 2.12. The van der Waals surface area contributed by atoms with Gasteiger partial charge in [-0.15, -0.1) is 0 Å². The normalized spacial score (nSPS) is 22.9. The molecule has 78 valence electrons. The number of thioether (sulfide) groups is 1. The molecule has 1 aliphatic rings. The molecule has 1 unspecified atom stereocenters. The minimum atomic E-state index is 0.242.